The van der Waals surface area contributed by atoms with E-state index in [4.69, 9.17) is 4.74 Å². The van der Waals surface area contributed by atoms with Crippen molar-refractivity contribution in [2.75, 3.05) is 38.2 Å². The Bertz CT molecular complexity index is 1290. The lowest BCUT2D eigenvalue weighted by Gasteiger charge is -2.26. The summed E-state index contributed by atoms with van der Waals surface area (Å²) in [5.74, 6) is -0.781. The molecule has 184 valence electrons. The number of rotatable bonds is 7. The van der Waals surface area contributed by atoms with Crippen molar-refractivity contribution in [3.8, 4) is 5.69 Å². The van der Waals surface area contributed by atoms with Crippen LogP contribution in [0.25, 0.3) is 5.69 Å². The minimum atomic E-state index is -3.60. The molecule has 9 nitrogen and oxygen atoms in total. The van der Waals surface area contributed by atoms with Crippen molar-refractivity contribution in [2.24, 2.45) is 0 Å². The highest BCUT2D eigenvalue weighted by atomic mass is 32.2. The second kappa shape index (κ2) is 10.4. The highest BCUT2D eigenvalue weighted by Gasteiger charge is 2.26. The summed E-state index contributed by atoms with van der Waals surface area (Å²) in [7, 11) is -3.60. The van der Waals surface area contributed by atoms with E-state index in [-0.39, 0.29) is 17.3 Å². The molecule has 2 amide bonds. The van der Waals surface area contributed by atoms with Crippen molar-refractivity contribution in [1.82, 2.24) is 14.2 Å². The van der Waals surface area contributed by atoms with Gasteiger partial charge in [-0.15, -0.1) is 0 Å². The van der Waals surface area contributed by atoms with Crippen LogP contribution in [-0.2, 0) is 19.6 Å². The van der Waals surface area contributed by atoms with Crippen LogP contribution in [0.15, 0.2) is 65.6 Å². The molecule has 0 spiro atoms. The Morgan fingerprint density at radius 1 is 0.886 bits per heavy atom. The lowest BCUT2D eigenvalue weighted by Crippen LogP contribution is -2.40. The summed E-state index contributed by atoms with van der Waals surface area (Å²) >= 11 is 0. The molecule has 1 aliphatic heterocycles. The topological polar surface area (TPSA) is 110 Å². The van der Waals surface area contributed by atoms with Crippen LogP contribution < -0.4 is 10.6 Å². The Kier molecular flexibility index (Phi) is 7.34. The molecule has 2 N–H and O–H groups in total. The zero-order chi connectivity index (χ0) is 25.0. The van der Waals surface area contributed by atoms with Crippen LogP contribution in [0, 0.1) is 13.8 Å². The van der Waals surface area contributed by atoms with Gasteiger partial charge in [-0.05, 0) is 74.5 Å². The highest BCUT2D eigenvalue weighted by Crippen LogP contribution is 2.20. The summed E-state index contributed by atoms with van der Waals surface area (Å²) < 4.78 is 34.1. The van der Waals surface area contributed by atoms with Crippen molar-refractivity contribution in [1.29, 1.82) is 0 Å². The van der Waals surface area contributed by atoms with Crippen LogP contribution in [0.4, 0.5) is 5.69 Å². The maximum Gasteiger partial charge on any atom is 0.251 e. The van der Waals surface area contributed by atoms with E-state index in [0.29, 0.717) is 37.6 Å². The fourth-order valence-electron chi connectivity index (χ4n) is 3.95. The predicted octanol–water partition coefficient (Wildman–Crippen LogP) is 2.48. The van der Waals surface area contributed by atoms with Gasteiger partial charge in [0.25, 0.3) is 5.91 Å². The first-order chi connectivity index (χ1) is 16.8. The van der Waals surface area contributed by atoms with Crippen LogP contribution in [0.3, 0.4) is 0 Å². The molecule has 3 aromatic rings. The first-order valence-corrected chi connectivity index (χ1v) is 12.7. The van der Waals surface area contributed by atoms with E-state index in [0.717, 1.165) is 17.1 Å². The lowest BCUT2D eigenvalue weighted by molar-refractivity contribution is -0.115. The number of nitrogens with zero attached hydrogens (tertiary/aromatic N) is 2. The Labute approximate surface area is 204 Å². The van der Waals surface area contributed by atoms with Crippen molar-refractivity contribution in [3.05, 3.63) is 77.6 Å². The number of hydrogen-bond donors (Lipinski definition) is 2. The zero-order valence-electron chi connectivity index (χ0n) is 19.7. The second-order valence-corrected chi connectivity index (χ2v) is 10.2. The molecule has 1 aromatic heterocycles. The fraction of sp³-hybridized carbons (Fsp3) is 0.280. The Hall–Kier alpha value is -3.47. The predicted molar refractivity (Wildman–Crippen MR) is 132 cm³/mol. The van der Waals surface area contributed by atoms with Crippen LogP contribution in [0.2, 0.25) is 0 Å². The minimum absolute atomic E-state index is 0.152. The van der Waals surface area contributed by atoms with Gasteiger partial charge in [0.05, 0.1) is 24.7 Å². The third-order valence-electron chi connectivity index (χ3n) is 5.81. The van der Waals surface area contributed by atoms with Gasteiger partial charge < -0.3 is 19.9 Å². The molecule has 0 aliphatic carbocycles. The number of hydrogen-bond acceptors (Lipinski definition) is 5. The Balaban J connectivity index is 1.30. The Morgan fingerprint density at radius 2 is 1.49 bits per heavy atom. The van der Waals surface area contributed by atoms with Crippen molar-refractivity contribution >= 4 is 27.5 Å². The van der Waals surface area contributed by atoms with E-state index in [1.165, 1.54) is 28.6 Å². The van der Waals surface area contributed by atoms with E-state index in [1.54, 1.807) is 12.1 Å². The summed E-state index contributed by atoms with van der Waals surface area (Å²) in [6.07, 6.45) is 0. The highest BCUT2D eigenvalue weighted by molar-refractivity contribution is 7.89. The molecule has 0 unspecified atom stereocenters. The largest absolute Gasteiger partial charge is 0.379 e. The first-order valence-electron chi connectivity index (χ1n) is 11.3. The number of carbonyl (C=O) groups excluding carboxylic acids is 2. The van der Waals surface area contributed by atoms with Crippen molar-refractivity contribution in [2.45, 2.75) is 18.7 Å². The summed E-state index contributed by atoms with van der Waals surface area (Å²) in [4.78, 5) is 24.9. The van der Waals surface area contributed by atoms with Crippen LogP contribution >= 0.6 is 0 Å². The smallest absolute Gasteiger partial charge is 0.251 e. The molecule has 4 rings (SSSR count). The molecule has 0 saturated carbocycles. The summed E-state index contributed by atoms with van der Waals surface area (Å²) in [6, 6.07) is 17.2. The maximum absolute atomic E-state index is 12.7. The molecule has 35 heavy (non-hydrogen) atoms. The zero-order valence-corrected chi connectivity index (χ0v) is 20.5. The standard InChI is InChI=1S/C25H28N4O5S/c1-18-3-4-19(2)29(18)22-9-5-20(6-10-22)25(31)26-17-24(30)27-21-7-11-23(12-8-21)35(32,33)28-13-15-34-16-14-28/h3-12H,13-17H2,1-2H3,(H,26,31)(H,27,30). The van der Waals surface area contributed by atoms with Gasteiger partial charge in [0.15, 0.2) is 0 Å². The molecule has 0 atom stereocenters. The summed E-state index contributed by atoms with van der Waals surface area (Å²) in [6.45, 7) is 5.19. The number of benzene rings is 2. The van der Waals surface area contributed by atoms with Gasteiger partial charge in [-0.2, -0.15) is 4.31 Å². The van der Waals surface area contributed by atoms with E-state index in [9.17, 15) is 18.0 Å². The van der Waals surface area contributed by atoms with Crippen molar-refractivity contribution in [3.63, 3.8) is 0 Å². The van der Waals surface area contributed by atoms with Gasteiger partial charge in [-0.1, -0.05) is 0 Å². The maximum atomic E-state index is 12.7. The fourth-order valence-corrected chi connectivity index (χ4v) is 5.36. The SMILES string of the molecule is Cc1ccc(C)n1-c1ccc(C(=O)NCC(=O)Nc2ccc(S(=O)(=O)N3CCOCC3)cc2)cc1. The molecule has 0 radical (unpaired) electrons. The molecule has 2 aromatic carbocycles. The first kappa shape index (κ1) is 24.6. The normalized spacial score (nSPS) is 14.5. The average molecular weight is 497 g/mol. The summed E-state index contributed by atoms with van der Waals surface area (Å²) in [5, 5.41) is 5.26. The monoisotopic (exact) mass is 496 g/mol. The van der Waals surface area contributed by atoms with Gasteiger partial charge in [0.1, 0.15) is 0 Å². The number of amides is 2. The Morgan fingerprint density at radius 3 is 2.09 bits per heavy atom. The number of carbonyl (C=O) groups is 2. The summed E-state index contributed by atoms with van der Waals surface area (Å²) in [5.41, 5.74) is 4.04. The number of morpholine rings is 1. The quantitative estimate of drug-likeness (QED) is 0.522. The number of aryl methyl sites for hydroxylation is 2. The van der Waals surface area contributed by atoms with E-state index < -0.39 is 15.9 Å². The van der Waals surface area contributed by atoms with Gasteiger partial charge in [0.2, 0.25) is 15.9 Å². The molecular formula is C25H28N4O5S. The lowest BCUT2D eigenvalue weighted by atomic mass is 10.2. The van der Waals surface area contributed by atoms with Gasteiger partial charge in [0, 0.05) is 41.4 Å². The number of nitrogens with one attached hydrogen (secondary N) is 2. The number of sulfonamides is 1. The van der Waals surface area contributed by atoms with Crippen molar-refractivity contribution < 1.29 is 22.7 Å². The van der Waals surface area contributed by atoms with Crippen LogP contribution in [-0.4, -0.2) is 62.0 Å². The van der Waals surface area contributed by atoms with E-state index in [2.05, 4.69) is 15.2 Å². The molecule has 1 aliphatic rings. The minimum Gasteiger partial charge on any atom is -0.379 e. The average Bonchev–Trinajstić information content (AvgIpc) is 3.21. The molecule has 10 heteroatoms. The third kappa shape index (κ3) is 5.61. The molecule has 2 heterocycles. The number of anilines is 1. The molecule has 1 saturated heterocycles. The number of ether oxygens (including phenoxy) is 1. The molecule has 0 bridgehead atoms. The molecular weight excluding hydrogens is 468 g/mol. The molecule has 1 fully saturated rings. The van der Waals surface area contributed by atoms with E-state index >= 15 is 0 Å². The van der Waals surface area contributed by atoms with Crippen LogP contribution in [0.1, 0.15) is 21.7 Å². The second-order valence-electron chi connectivity index (χ2n) is 8.27. The van der Waals surface area contributed by atoms with Gasteiger partial charge in [-0.3, -0.25) is 9.59 Å². The van der Waals surface area contributed by atoms with Gasteiger partial charge in [-0.25, -0.2) is 8.42 Å². The van der Waals surface area contributed by atoms with Gasteiger partial charge >= 0.3 is 0 Å². The third-order valence-corrected chi connectivity index (χ3v) is 7.73. The van der Waals surface area contributed by atoms with E-state index in [1.807, 2.05) is 38.1 Å². The number of aromatic nitrogens is 1. The van der Waals surface area contributed by atoms with Crippen LogP contribution in [0.5, 0.6) is 0 Å².